The van der Waals surface area contributed by atoms with Crippen molar-refractivity contribution in [3.8, 4) is 5.75 Å². The lowest BCUT2D eigenvalue weighted by molar-refractivity contribution is -0.274. The number of rotatable bonds is 5. The van der Waals surface area contributed by atoms with Gasteiger partial charge in [0.25, 0.3) is 5.91 Å². The maximum Gasteiger partial charge on any atom is 0.573 e. The molecule has 12 heteroatoms. The molecular formula is C22H18F6N4O2. The first-order valence-corrected chi connectivity index (χ1v) is 10.1. The Balaban J connectivity index is 1.58. The van der Waals surface area contributed by atoms with E-state index in [1.165, 1.54) is 18.2 Å². The van der Waals surface area contributed by atoms with Gasteiger partial charge >= 0.3 is 12.5 Å². The lowest BCUT2D eigenvalue weighted by Gasteiger charge is -2.34. The Kier molecular flexibility index (Phi) is 6.15. The molecule has 1 aromatic heterocycles. The van der Waals surface area contributed by atoms with Crippen molar-refractivity contribution in [1.29, 1.82) is 0 Å². The number of halogens is 6. The number of ether oxygens (including phenoxy) is 1. The summed E-state index contributed by atoms with van der Waals surface area (Å²) in [6, 6.07) is 11.0. The Bertz CT molecular complexity index is 1160. The Morgan fingerprint density at radius 2 is 1.74 bits per heavy atom. The molecular weight excluding hydrogens is 466 g/mol. The number of fused-ring (bicyclic) bond motifs is 1. The lowest BCUT2D eigenvalue weighted by Crippen LogP contribution is -2.36. The van der Waals surface area contributed by atoms with Gasteiger partial charge in [0.15, 0.2) is 6.04 Å². The zero-order valence-electron chi connectivity index (χ0n) is 17.3. The number of alkyl halides is 6. The molecule has 1 aliphatic rings. The number of hydrogen-bond acceptors (Lipinski definition) is 4. The van der Waals surface area contributed by atoms with Crippen molar-refractivity contribution < 1.29 is 35.9 Å². The fraction of sp³-hybridized carbons (Fsp3) is 0.273. The molecule has 2 N–H and O–H groups in total. The van der Waals surface area contributed by atoms with Gasteiger partial charge in [0.05, 0.1) is 12.2 Å². The Labute approximate surface area is 189 Å². The number of nitrogens with zero attached hydrogens (tertiary/aromatic N) is 2. The number of aromatic nitrogens is 2. The second-order valence-corrected chi connectivity index (χ2v) is 7.59. The first kappa shape index (κ1) is 23.5. The molecule has 2 aromatic carbocycles. The maximum absolute atomic E-state index is 13.8. The first-order chi connectivity index (χ1) is 16.0. The lowest BCUT2D eigenvalue weighted by atomic mass is 9.96. The van der Waals surface area contributed by atoms with Gasteiger partial charge in [0.1, 0.15) is 17.1 Å². The Morgan fingerprint density at radius 3 is 2.41 bits per heavy atom. The van der Waals surface area contributed by atoms with E-state index in [0.717, 1.165) is 16.9 Å². The molecule has 180 valence electrons. The largest absolute Gasteiger partial charge is 0.573 e. The number of nitrogens with one attached hydrogen (secondary N) is 2. The molecule has 0 bridgehead atoms. The first-order valence-electron chi connectivity index (χ1n) is 10.1. The molecule has 6 nitrogen and oxygen atoms in total. The predicted molar refractivity (Wildman–Crippen MR) is 109 cm³/mol. The minimum atomic E-state index is -4.92. The molecule has 1 amide bonds. The van der Waals surface area contributed by atoms with Crippen LogP contribution in [0.4, 0.5) is 32.2 Å². The van der Waals surface area contributed by atoms with Crippen molar-refractivity contribution in [3.63, 3.8) is 0 Å². The highest BCUT2D eigenvalue weighted by Gasteiger charge is 2.47. The number of benzene rings is 2. The standard InChI is InChI=1S/C22H18F6N4O2/c23-21(24,25)18-10-16(13-6-2-1-3-7-13)31-19-15(12-30-32(18)19)20(33)29-11-14-8-4-5-9-17(14)34-22(26,27)28/h1-9,12,16,18,31H,10-11H2,(H,29,33). The smallest absolute Gasteiger partial charge is 0.405 e. The summed E-state index contributed by atoms with van der Waals surface area (Å²) in [5.74, 6) is -1.42. The number of carbonyl (C=O) groups is 1. The molecule has 0 fully saturated rings. The minimum Gasteiger partial charge on any atom is -0.405 e. The van der Waals surface area contributed by atoms with Gasteiger partial charge in [0.2, 0.25) is 0 Å². The molecule has 0 saturated heterocycles. The van der Waals surface area contributed by atoms with E-state index < -0.39 is 36.3 Å². The third-order valence-corrected chi connectivity index (χ3v) is 5.32. The molecule has 2 unspecified atom stereocenters. The van der Waals surface area contributed by atoms with Gasteiger partial charge in [-0.3, -0.25) is 4.79 Å². The van der Waals surface area contributed by atoms with Crippen LogP contribution in [-0.2, 0) is 6.54 Å². The van der Waals surface area contributed by atoms with Crippen molar-refractivity contribution in [3.05, 3.63) is 77.5 Å². The van der Waals surface area contributed by atoms with E-state index in [9.17, 15) is 31.1 Å². The molecule has 2 heterocycles. The molecule has 0 radical (unpaired) electrons. The number of hydrogen-bond donors (Lipinski definition) is 2. The van der Waals surface area contributed by atoms with Crippen molar-refractivity contribution >= 4 is 11.7 Å². The van der Waals surface area contributed by atoms with E-state index in [1.54, 1.807) is 30.3 Å². The summed E-state index contributed by atoms with van der Waals surface area (Å²) < 4.78 is 83.9. The zero-order chi connectivity index (χ0) is 24.5. The van der Waals surface area contributed by atoms with Crippen LogP contribution >= 0.6 is 0 Å². The third-order valence-electron chi connectivity index (χ3n) is 5.32. The summed E-state index contributed by atoms with van der Waals surface area (Å²) in [6.45, 7) is -0.347. The fourth-order valence-corrected chi connectivity index (χ4v) is 3.78. The number of anilines is 1. The van der Waals surface area contributed by atoms with E-state index in [1.807, 2.05) is 0 Å². The Morgan fingerprint density at radius 1 is 1.06 bits per heavy atom. The summed E-state index contributed by atoms with van der Waals surface area (Å²) in [7, 11) is 0. The van der Waals surface area contributed by atoms with Gasteiger partial charge in [-0.1, -0.05) is 48.5 Å². The van der Waals surface area contributed by atoms with Crippen LogP contribution in [0.3, 0.4) is 0 Å². The van der Waals surface area contributed by atoms with Crippen molar-refractivity contribution in [1.82, 2.24) is 15.1 Å². The molecule has 3 aromatic rings. The zero-order valence-corrected chi connectivity index (χ0v) is 17.3. The van der Waals surface area contributed by atoms with Crippen LogP contribution in [0.25, 0.3) is 0 Å². The molecule has 1 aliphatic heterocycles. The Hall–Kier alpha value is -3.70. The van der Waals surface area contributed by atoms with Crippen molar-refractivity contribution in [2.75, 3.05) is 5.32 Å². The van der Waals surface area contributed by atoms with E-state index in [0.29, 0.717) is 5.56 Å². The second kappa shape index (κ2) is 8.92. The van der Waals surface area contributed by atoms with Crippen LogP contribution < -0.4 is 15.4 Å². The van der Waals surface area contributed by atoms with Gasteiger partial charge in [-0.15, -0.1) is 13.2 Å². The number of amides is 1. The minimum absolute atomic E-state index is 0.0394. The van der Waals surface area contributed by atoms with E-state index >= 15 is 0 Å². The molecule has 34 heavy (non-hydrogen) atoms. The summed E-state index contributed by atoms with van der Waals surface area (Å²) >= 11 is 0. The molecule has 2 atom stereocenters. The third kappa shape index (κ3) is 5.10. The monoisotopic (exact) mass is 484 g/mol. The average molecular weight is 484 g/mol. The van der Waals surface area contributed by atoms with Crippen LogP contribution in [0.5, 0.6) is 5.75 Å². The quantitative estimate of drug-likeness (QED) is 0.478. The van der Waals surface area contributed by atoms with Crippen LogP contribution in [0, 0.1) is 0 Å². The van der Waals surface area contributed by atoms with Crippen molar-refractivity contribution in [2.45, 2.75) is 37.6 Å². The molecule has 4 rings (SSSR count). The topological polar surface area (TPSA) is 68.2 Å². The average Bonchev–Trinajstić information content (AvgIpc) is 3.20. The normalized spacial score (nSPS) is 18.1. The van der Waals surface area contributed by atoms with Gasteiger partial charge in [-0.05, 0) is 11.6 Å². The molecule has 0 saturated carbocycles. The molecule has 0 spiro atoms. The van der Waals surface area contributed by atoms with Gasteiger partial charge in [-0.2, -0.15) is 18.3 Å². The predicted octanol–water partition coefficient (Wildman–Crippen LogP) is 5.37. The van der Waals surface area contributed by atoms with E-state index in [4.69, 9.17) is 0 Å². The van der Waals surface area contributed by atoms with E-state index in [-0.39, 0.29) is 29.9 Å². The number of para-hydroxylation sites is 1. The SMILES string of the molecule is O=C(NCc1ccccc1OC(F)(F)F)c1cnn2c1NC(c1ccccc1)CC2C(F)(F)F. The fourth-order valence-electron chi connectivity index (χ4n) is 3.78. The van der Waals surface area contributed by atoms with Crippen molar-refractivity contribution in [2.24, 2.45) is 0 Å². The highest BCUT2D eigenvalue weighted by molar-refractivity contribution is 5.98. The maximum atomic E-state index is 13.8. The molecule has 0 aliphatic carbocycles. The summed E-state index contributed by atoms with van der Waals surface area (Å²) in [4.78, 5) is 12.8. The summed E-state index contributed by atoms with van der Waals surface area (Å²) in [6.07, 6.45) is -8.86. The van der Waals surface area contributed by atoms with Gasteiger partial charge < -0.3 is 15.4 Å². The number of carbonyl (C=O) groups excluding carboxylic acids is 1. The van der Waals surface area contributed by atoms with Crippen LogP contribution in [0.2, 0.25) is 0 Å². The highest BCUT2D eigenvalue weighted by atomic mass is 19.4. The van der Waals surface area contributed by atoms with E-state index in [2.05, 4.69) is 20.5 Å². The van der Waals surface area contributed by atoms with Gasteiger partial charge in [-0.25, -0.2) is 4.68 Å². The van der Waals surface area contributed by atoms with Crippen LogP contribution in [0.1, 0.15) is 40.0 Å². The second-order valence-electron chi connectivity index (χ2n) is 7.59. The highest BCUT2D eigenvalue weighted by Crippen LogP contribution is 2.44. The van der Waals surface area contributed by atoms with Crippen LogP contribution in [-0.4, -0.2) is 28.2 Å². The summed E-state index contributed by atoms with van der Waals surface area (Å²) in [5.41, 5.74) is 0.482. The van der Waals surface area contributed by atoms with Crippen LogP contribution in [0.15, 0.2) is 60.8 Å². The van der Waals surface area contributed by atoms with Gasteiger partial charge in [0, 0.05) is 18.5 Å². The summed E-state index contributed by atoms with van der Waals surface area (Å²) in [5, 5.41) is 9.15.